The van der Waals surface area contributed by atoms with Gasteiger partial charge in [-0.05, 0) is 62.1 Å². The maximum absolute atomic E-state index is 10.6. The van der Waals surface area contributed by atoms with E-state index in [-0.39, 0.29) is 0 Å². The largest absolute Gasteiger partial charge is 0.145 e. The Morgan fingerprint density at radius 3 is 1.82 bits per heavy atom. The van der Waals surface area contributed by atoms with Crippen molar-refractivity contribution in [1.29, 1.82) is 0 Å². The van der Waals surface area contributed by atoms with Crippen molar-refractivity contribution in [3.05, 3.63) is 83.8 Å². The van der Waals surface area contributed by atoms with Gasteiger partial charge in [-0.3, -0.25) is 0 Å². The van der Waals surface area contributed by atoms with E-state index in [1.165, 1.54) is 21.9 Å². The molecule has 104 valence electrons. The molecule has 0 aliphatic heterocycles. The van der Waals surface area contributed by atoms with Gasteiger partial charge >= 0.3 is 0 Å². The molecule has 0 amide bonds. The second-order valence-corrected chi connectivity index (χ2v) is 5.40. The highest BCUT2D eigenvalue weighted by molar-refractivity contribution is 5.92. The summed E-state index contributed by atoms with van der Waals surface area (Å²) in [6, 6.07) is 26.6. The minimum Gasteiger partial charge on any atom is -0.145 e. The molecule has 0 fully saturated rings. The second-order valence-electron chi connectivity index (χ2n) is 5.40. The first-order valence-corrected chi connectivity index (χ1v) is 7.20. The van der Waals surface area contributed by atoms with Crippen LogP contribution in [0.3, 0.4) is 0 Å². The molecule has 0 aromatic heterocycles. The van der Waals surface area contributed by atoms with E-state index in [4.69, 9.17) is 0 Å². The molecule has 4 rings (SSSR count). The molecular formula is C20H13NO. The van der Waals surface area contributed by atoms with E-state index in [0.29, 0.717) is 5.69 Å². The minimum absolute atomic E-state index is 0.464. The lowest BCUT2D eigenvalue weighted by Crippen LogP contribution is -1.80. The van der Waals surface area contributed by atoms with Crippen LogP contribution in [0.1, 0.15) is 0 Å². The Hall–Kier alpha value is -3.00. The van der Waals surface area contributed by atoms with Crippen molar-refractivity contribution in [2.75, 3.05) is 0 Å². The van der Waals surface area contributed by atoms with Gasteiger partial charge in [0.15, 0.2) is 0 Å². The molecule has 0 radical (unpaired) electrons. The van der Waals surface area contributed by atoms with Crippen molar-refractivity contribution in [2.24, 2.45) is 5.18 Å². The van der Waals surface area contributed by atoms with Gasteiger partial charge in [0.05, 0.1) is 0 Å². The molecule has 22 heavy (non-hydrogen) atoms. The van der Waals surface area contributed by atoms with Crippen molar-refractivity contribution >= 4 is 27.2 Å². The lowest BCUT2D eigenvalue weighted by Gasteiger charge is -2.06. The summed E-state index contributed by atoms with van der Waals surface area (Å²) in [6.07, 6.45) is 0. The number of fused-ring (bicyclic) bond motifs is 2. The molecule has 0 heterocycles. The molecule has 4 aromatic rings. The van der Waals surface area contributed by atoms with Gasteiger partial charge in [0, 0.05) is 0 Å². The number of nitroso groups, excluding NO2 is 1. The van der Waals surface area contributed by atoms with Crippen LogP contribution in [0.25, 0.3) is 32.7 Å². The lowest BCUT2D eigenvalue weighted by molar-refractivity contribution is 1.52. The first-order chi connectivity index (χ1) is 10.8. The molecule has 2 heteroatoms. The van der Waals surface area contributed by atoms with Crippen molar-refractivity contribution in [3.63, 3.8) is 0 Å². The van der Waals surface area contributed by atoms with Crippen LogP contribution < -0.4 is 0 Å². The van der Waals surface area contributed by atoms with Crippen LogP contribution in [0.5, 0.6) is 0 Å². The normalized spacial score (nSPS) is 10.9. The smallest absolute Gasteiger partial charge is 0.108 e. The Morgan fingerprint density at radius 1 is 0.545 bits per heavy atom. The maximum atomic E-state index is 10.6. The molecule has 2 nitrogen and oxygen atoms in total. The van der Waals surface area contributed by atoms with Gasteiger partial charge in [-0.15, -0.1) is 4.91 Å². The fourth-order valence-corrected chi connectivity index (χ4v) is 2.84. The number of nitrogens with zero attached hydrogens (tertiary/aromatic N) is 1. The van der Waals surface area contributed by atoms with Crippen LogP contribution in [-0.2, 0) is 0 Å². The first kappa shape index (κ1) is 12.7. The van der Waals surface area contributed by atoms with Gasteiger partial charge in [-0.25, -0.2) is 0 Å². The Kier molecular flexibility index (Phi) is 2.94. The van der Waals surface area contributed by atoms with Crippen molar-refractivity contribution in [1.82, 2.24) is 0 Å². The van der Waals surface area contributed by atoms with E-state index in [1.807, 2.05) is 18.2 Å². The SMILES string of the molecule is O=Nc1ccc2cc(-c3ccc4ccccc4c3)ccc2c1. The van der Waals surface area contributed by atoms with Crippen molar-refractivity contribution < 1.29 is 0 Å². The molecule has 4 aromatic carbocycles. The Bertz CT molecular complexity index is 1000. The second kappa shape index (κ2) is 5.08. The molecule has 0 unspecified atom stereocenters. The van der Waals surface area contributed by atoms with Crippen LogP contribution in [0.15, 0.2) is 84.0 Å². The number of hydrogen-bond acceptors (Lipinski definition) is 2. The molecule has 0 aliphatic carbocycles. The molecule has 0 saturated heterocycles. The van der Waals surface area contributed by atoms with Crippen molar-refractivity contribution in [2.45, 2.75) is 0 Å². The third-order valence-corrected chi connectivity index (χ3v) is 4.01. The molecule has 0 atom stereocenters. The molecule has 0 N–H and O–H groups in total. The summed E-state index contributed by atoms with van der Waals surface area (Å²) in [6.45, 7) is 0. The third-order valence-electron chi connectivity index (χ3n) is 4.01. The van der Waals surface area contributed by atoms with Crippen LogP contribution in [0.2, 0.25) is 0 Å². The van der Waals surface area contributed by atoms with E-state index >= 15 is 0 Å². The predicted octanol–water partition coefficient (Wildman–Crippen LogP) is 6.06. The highest BCUT2D eigenvalue weighted by Gasteiger charge is 2.02. The average Bonchev–Trinajstić information content (AvgIpc) is 2.60. The number of rotatable bonds is 2. The lowest BCUT2D eigenvalue weighted by atomic mass is 9.98. The molecule has 0 saturated carbocycles. The van der Waals surface area contributed by atoms with Crippen LogP contribution in [0, 0.1) is 4.91 Å². The highest BCUT2D eigenvalue weighted by atomic mass is 16.3. The zero-order chi connectivity index (χ0) is 14.9. The molecule has 0 aliphatic rings. The van der Waals surface area contributed by atoms with Crippen molar-refractivity contribution in [3.8, 4) is 11.1 Å². The van der Waals surface area contributed by atoms with Gasteiger partial charge < -0.3 is 0 Å². The average molecular weight is 283 g/mol. The summed E-state index contributed by atoms with van der Waals surface area (Å²) >= 11 is 0. The van der Waals surface area contributed by atoms with E-state index < -0.39 is 0 Å². The van der Waals surface area contributed by atoms with Crippen LogP contribution in [-0.4, -0.2) is 0 Å². The highest BCUT2D eigenvalue weighted by Crippen LogP contribution is 2.29. The fraction of sp³-hybridized carbons (Fsp3) is 0. The van der Waals surface area contributed by atoms with Gasteiger partial charge in [0.2, 0.25) is 0 Å². The molecule has 0 bridgehead atoms. The van der Waals surface area contributed by atoms with E-state index in [9.17, 15) is 4.91 Å². The molecule has 0 spiro atoms. The Morgan fingerprint density at radius 2 is 1.09 bits per heavy atom. The Labute approximate surface area is 128 Å². The van der Waals surface area contributed by atoms with Gasteiger partial charge in [-0.1, -0.05) is 54.6 Å². The third kappa shape index (κ3) is 2.15. The van der Waals surface area contributed by atoms with E-state index in [2.05, 4.69) is 59.8 Å². The predicted molar refractivity (Wildman–Crippen MR) is 92.3 cm³/mol. The summed E-state index contributed by atoms with van der Waals surface area (Å²) in [4.78, 5) is 10.6. The van der Waals surface area contributed by atoms with Crippen LogP contribution in [0.4, 0.5) is 5.69 Å². The summed E-state index contributed by atoms with van der Waals surface area (Å²) in [5.74, 6) is 0. The summed E-state index contributed by atoms with van der Waals surface area (Å²) in [5.41, 5.74) is 2.83. The summed E-state index contributed by atoms with van der Waals surface area (Å²) in [7, 11) is 0. The van der Waals surface area contributed by atoms with E-state index in [0.717, 1.165) is 10.8 Å². The summed E-state index contributed by atoms with van der Waals surface area (Å²) in [5, 5.41) is 7.60. The number of hydrogen-bond donors (Lipinski definition) is 0. The zero-order valence-electron chi connectivity index (χ0n) is 11.9. The molecular weight excluding hydrogens is 270 g/mol. The quantitative estimate of drug-likeness (QED) is 0.411. The zero-order valence-corrected chi connectivity index (χ0v) is 11.9. The number of benzene rings is 4. The van der Waals surface area contributed by atoms with Gasteiger partial charge in [-0.2, -0.15) is 0 Å². The fourth-order valence-electron chi connectivity index (χ4n) is 2.84. The van der Waals surface area contributed by atoms with E-state index in [1.54, 1.807) is 6.07 Å². The monoisotopic (exact) mass is 283 g/mol. The standard InChI is InChI=1S/C20H13NO/c22-21-20-10-9-18-12-17(7-8-19(18)13-20)16-6-5-14-3-1-2-4-15(14)11-16/h1-13H. The minimum atomic E-state index is 0.464. The summed E-state index contributed by atoms with van der Waals surface area (Å²) < 4.78 is 0. The maximum Gasteiger partial charge on any atom is 0.108 e. The first-order valence-electron chi connectivity index (χ1n) is 7.20. The van der Waals surface area contributed by atoms with Gasteiger partial charge in [0.1, 0.15) is 5.69 Å². The Balaban J connectivity index is 1.86. The topological polar surface area (TPSA) is 29.4 Å². The van der Waals surface area contributed by atoms with Crippen LogP contribution >= 0.6 is 0 Å². The van der Waals surface area contributed by atoms with Gasteiger partial charge in [0.25, 0.3) is 0 Å².